The molecule has 2 nitrogen and oxygen atoms in total. The van der Waals surface area contributed by atoms with E-state index in [1.54, 1.807) is 0 Å². The second kappa shape index (κ2) is 2.71. The number of nitrogens with two attached hydrogens (primary N) is 1. The summed E-state index contributed by atoms with van der Waals surface area (Å²) in [5.74, 6) is 0.314. The first kappa shape index (κ1) is 11.0. The quantitative estimate of drug-likeness (QED) is 0.690. The van der Waals surface area contributed by atoms with E-state index >= 15 is 0 Å². The van der Waals surface area contributed by atoms with Gasteiger partial charge in [0, 0.05) is 5.54 Å². The SMILES string of the molecule is CC(C)C(C)(N)C1(O)CC(C)(C)C1. The van der Waals surface area contributed by atoms with Gasteiger partial charge in [-0.05, 0) is 31.1 Å². The number of hydrogen-bond donors (Lipinski definition) is 2. The number of hydrogen-bond acceptors (Lipinski definition) is 2. The molecule has 0 bridgehead atoms. The standard InChI is InChI=1S/C11H23NO/c1-8(2)10(5,12)11(13)6-9(3,4)7-11/h8,13H,6-7,12H2,1-5H3. The average molecular weight is 185 g/mol. The van der Waals surface area contributed by atoms with Crippen LogP contribution in [0.15, 0.2) is 0 Å². The van der Waals surface area contributed by atoms with Crippen molar-refractivity contribution in [1.82, 2.24) is 0 Å². The summed E-state index contributed by atoms with van der Waals surface area (Å²) in [5, 5.41) is 10.3. The molecule has 0 aliphatic heterocycles. The van der Waals surface area contributed by atoms with E-state index < -0.39 is 11.1 Å². The van der Waals surface area contributed by atoms with Crippen molar-refractivity contribution in [3.05, 3.63) is 0 Å². The summed E-state index contributed by atoms with van der Waals surface area (Å²) in [6, 6.07) is 0. The molecule has 13 heavy (non-hydrogen) atoms. The van der Waals surface area contributed by atoms with E-state index in [4.69, 9.17) is 5.73 Å². The highest BCUT2D eigenvalue weighted by Gasteiger charge is 2.57. The summed E-state index contributed by atoms with van der Waals surface area (Å²) < 4.78 is 0. The van der Waals surface area contributed by atoms with Crippen LogP contribution in [0, 0.1) is 11.3 Å². The van der Waals surface area contributed by atoms with Crippen molar-refractivity contribution < 1.29 is 5.11 Å². The molecule has 0 heterocycles. The molecule has 0 aromatic heterocycles. The average Bonchev–Trinajstić information content (AvgIpc) is 1.81. The predicted molar refractivity (Wildman–Crippen MR) is 55.4 cm³/mol. The Hall–Kier alpha value is -0.0800. The van der Waals surface area contributed by atoms with Crippen molar-refractivity contribution >= 4 is 0 Å². The second-order valence-electron chi connectivity index (χ2n) is 5.99. The first-order valence-corrected chi connectivity index (χ1v) is 5.12. The van der Waals surface area contributed by atoms with Crippen LogP contribution in [-0.4, -0.2) is 16.2 Å². The molecule has 1 saturated carbocycles. The van der Waals surface area contributed by atoms with E-state index in [0.29, 0.717) is 5.92 Å². The van der Waals surface area contributed by atoms with Gasteiger partial charge >= 0.3 is 0 Å². The van der Waals surface area contributed by atoms with Crippen molar-refractivity contribution in [3.8, 4) is 0 Å². The van der Waals surface area contributed by atoms with Crippen molar-refractivity contribution in [2.75, 3.05) is 0 Å². The lowest BCUT2D eigenvalue weighted by Crippen LogP contribution is -2.69. The fourth-order valence-corrected chi connectivity index (χ4v) is 2.45. The number of rotatable bonds is 2. The van der Waals surface area contributed by atoms with Gasteiger partial charge in [-0.3, -0.25) is 0 Å². The van der Waals surface area contributed by atoms with Crippen molar-refractivity contribution in [2.24, 2.45) is 17.1 Å². The summed E-state index contributed by atoms with van der Waals surface area (Å²) in [6.07, 6.45) is 1.65. The van der Waals surface area contributed by atoms with Crippen LogP contribution in [0.25, 0.3) is 0 Å². The highest BCUT2D eigenvalue weighted by molar-refractivity contribution is 5.12. The Labute approximate surface area is 81.5 Å². The molecule has 1 fully saturated rings. The molecule has 1 unspecified atom stereocenters. The maximum Gasteiger partial charge on any atom is 0.0836 e. The van der Waals surface area contributed by atoms with E-state index in [-0.39, 0.29) is 5.41 Å². The lowest BCUT2D eigenvalue weighted by Gasteiger charge is -2.58. The third-order valence-corrected chi connectivity index (χ3v) is 3.74. The van der Waals surface area contributed by atoms with Crippen LogP contribution in [0.2, 0.25) is 0 Å². The summed E-state index contributed by atoms with van der Waals surface area (Å²) in [4.78, 5) is 0. The Kier molecular flexibility index (Phi) is 2.29. The molecule has 0 aromatic rings. The molecular formula is C11H23NO. The van der Waals surface area contributed by atoms with Crippen molar-refractivity contribution in [2.45, 2.75) is 58.6 Å². The van der Waals surface area contributed by atoms with E-state index in [1.807, 2.05) is 6.92 Å². The summed E-state index contributed by atoms with van der Waals surface area (Å²) in [7, 11) is 0. The van der Waals surface area contributed by atoms with Gasteiger partial charge in [0.05, 0.1) is 5.60 Å². The van der Waals surface area contributed by atoms with Crippen LogP contribution in [0.1, 0.15) is 47.5 Å². The normalized spacial score (nSPS) is 29.5. The highest BCUT2D eigenvalue weighted by atomic mass is 16.3. The van der Waals surface area contributed by atoms with Crippen molar-refractivity contribution in [3.63, 3.8) is 0 Å². The topological polar surface area (TPSA) is 46.2 Å². The van der Waals surface area contributed by atoms with Gasteiger partial charge in [-0.15, -0.1) is 0 Å². The van der Waals surface area contributed by atoms with Crippen LogP contribution >= 0.6 is 0 Å². The highest BCUT2D eigenvalue weighted by Crippen LogP contribution is 2.53. The Morgan fingerprint density at radius 2 is 1.69 bits per heavy atom. The lowest BCUT2D eigenvalue weighted by molar-refractivity contribution is -0.167. The van der Waals surface area contributed by atoms with Gasteiger partial charge in [-0.2, -0.15) is 0 Å². The van der Waals surface area contributed by atoms with E-state index in [0.717, 1.165) is 12.8 Å². The third-order valence-electron chi connectivity index (χ3n) is 3.74. The molecule has 1 aliphatic carbocycles. The molecular weight excluding hydrogens is 162 g/mol. The number of aliphatic hydroxyl groups is 1. The van der Waals surface area contributed by atoms with Gasteiger partial charge in [0.15, 0.2) is 0 Å². The van der Waals surface area contributed by atoms with Gasteiger partial charge in [0.2, 0.25) is 0 Å². The smallest absolute Gasteiger partial charge is 0.0836 e. The molecule has 1 atom stereocenters. The second-order valence-corrected chi connectivity index (χ2v) is 5.99. The molecule has 2 heteroatoms. The molecule has 3 N–H and O–H groups in total. The zero-order valence-electron chi connectivity index (χ0n) is 9.52. The van der Waals surface area contributed by atoms with Gasteiger partial charge in [-0.1, -0.05) is 27.7 Å². The largest absolute Gasteiger partial charge is 0.388 e. The summed E-state index contributed by atoms with van der Waals surface area (Å²) >= 11 is 0. The van der Waals surface area contributed by atoms with Crippen LogP contribution in [0.5, 0.6) is 0 Å². The van der Waals surface area contributed by atoms with E-state index in [2.05, 4.69) is 27.7 Å². The summed E-state index contributed by atoms with van der Waals surface area (Å²) in [6.45, 7) is 10.5. The van der Waals surface area contributed by atoms with Crippen LogP contribution in [0.3, 0.4) is 0 Å². The van der Waals surface area contributed by atoms with Gasteiger partial charge in [-0.25, -0.2) is 0 Å². The van der Waals surface area contributed by atoms with Crippen LogP contribution in [-0.2, 0) is 0 Å². The molecule has 1 aliphatic rings. The maximum atomic E-state index is 10.3. The van der Waals surface area contributed by atoms with E-state index in [9.17, 15) is 5.11 Å². The van der Waals surface area contributed by atoms with Crippen LogP contribution in [0.4, 0.5) is 0 Å². The molecule has 1 rings (SSSR count). The molecule has 0 radical (unpaired) electrons. The minimum absolute atomic E-state index is 0.268. The van der Waals surface area contributed by atoms with E-state index in [1.165, 1.54) is 0 Å². The van der Waals surface area contributed by atoms with Crippen LogP contribution < -0.4 is 5.73 Å². The molecule has 0 saturated heterocycles. The minimum Gasteiger partial charge on any atom is -0.388 e. The lowest BCUT2D eigenvalue weighted by atomic mass is 9.53. The maximum absolute atomic E-state index is 10.3. The zero-order chi connectivity index (χ0) is 10.5. The van der Waals surface area contributed by atoms with Gasteiger partial charge in [0.25, 0.3) is 0 Å². The third kappa shape index (κ3) is 1.62. The molecule has 0 spiro atoms. The Bertz CT molecular complexity index is 198. The fourth-order valence-electron chi connectivity index (χ4n) is 2.45. The predicted octanol–water partition coefficient (Wildman–Crippen LogP) is 1.91. The van der Waals surface area contributed by atoms with Gasteiger partial charge < -0.3 is 10.8 Å². The monoisotopic (exact) mass is 185 g/mol. The van der Waals surface area contributed by atoms with Gasteiger partial charge in [0.1, 0.15) is 0 Å². The molecule has 0 amide bonds. The Balaban J connectivity index is 2.74. The first-order chi connectivity index (χ1) is 5.61. The minimum atomic E-state index is -0.648. The van der Waals surface area contributed by atoms with Crippen molar-refractivity contribution in [1.29, 1.82) is 0 Å². The Morgan fingerprint density at radius 3 is 1.92 bits per heavy atom. The Morgan fingerprint density at radius 1 is 1.31 bits per heavy atom. The molecule has 0 aromatic carbocycles. The molecule has 78 valence electrons. The first-order valence-electron chi connectivity index (χ1n) is 5.12. The fraction of sp³-hybridized carbons (Fsp3) is 1.00. The zero-order valence-corrected chi connectivity index (χ0v) is 9.52. The summed E-state index contributed by atoms with van der Waals surface area (Å²) in [5.41, 5.74) is 5.33.